The number of amides is 4. The highest BCUT2D eigenvalue weighted by atomic mass is 16.2. The summed E-state index contributed by atoms with van der Waals surface area (Å²) in [5.74, 6) is -1.63. The smallest absolute Gasteiger partial charge is 0.247 e. The van der Waals surface area contributed by atoms with E-state index in [1.54, 1.807) is 11.0 Å². The number of primary amides is 1. The lowest BCUT2D eigenvalue weighted by Crippen LogP contribution is -2.56. The standard InChI is InChI=1S/C23H28N4O4/c24-21(29)18(13-16-10-11-25-22(16)30)26-23(31)20-15-7-8-17(12-15)27(20)19(28)9-6-14-4-2-1-3-5-14/h1-6,9,15-18,20H,7-8,10-13H2,(H2,24,29)(H,25,30)(H,26,31)/b9-6+/t15-,16-,17+,18-,20-/m0/s1. The van der Waals surface area contributed by atoms with Crippen LogP contribution in [0.5, 0.6) is 0 Å². The first-order valence-electron chi connectivity index (χ1n) is 10.9. The van der Waals surface area contributed by atoms with Crippen molar-refractivity contribution >= 4 is 29.7 Å². The SMILES string of the molecule is NC(=O)[C@H](C[C@@H]1CCNC1=O)NC(=O)[C@@H]1[C@H]2CC[C@H](C2)N1C(=O)/C=C/c1ccccc1. The van der Waals surface area contributed by atoms with E-state index in [0.29, 0.717) is 13.0 Å². The molecule has 2 saturated heterocycles. The van der Waals surface area contributed by atoms with Gasteiger partial charge >= 0.3 is 0 Å². The van der Waals surface area contributed by atoms with Crippen molar-refractivity contribution in [1.82, 2.24) is 15.5 Å². The Kier molecular flexibility index (Phi) is 6.06. The molecule has 2 heterocycles. The molecule has 0 radical (unpaired) electrons. The first kappa shape index (κ1) is 21.1. The minimum atomic E-state index is -0.933. The number of hydrogen-bond acceptors (Lipinski definition) is 4. The average Bonchev–Trinajstić information content (AvgIpc) is 3.48. The molecular formula is C23H28N4O4. The van der Waals surface area contributed by atoms with Gasteiger partial charge in [-0.1, -0.05) is 30.3 Å². The second-order valence-electron chi connectivity index (χ2n) is 8.64. The first-order chi connectivity index (χ1) is 14.9. The molecule has 4 N–H and O–H groups in total. The molecule has 0 spiro atoms. The van der Waals surface area contributed by atoms with Crippen molar-refractivity contribution in [2.24, 2.45) is 17.6 Å². The summed E-state index contributed by atoms with van der Waals surface area (Å²) < 4.78 is 0. The van der Waals surface area contributed by atoms with E-state index in [4.69, 9.17) is 5.73 Å². The third-order valence-corrected chi connectivity index (χ3v) is 6.67. The molecule has 4 amide bonds. The van der Waals surface area contributed by atoms with Crippen molar-refractivity contribution in [3.05, 3.63) is 42.0 Å². The van der Waals surface area contributed by atoms with E-state index in [-0.39, 0.29) is 42.0 Å². The highest BCUT2D eigenvalue weighted by molar-refractivity contribution is 5.97. The lowest BCUT2D eigenvalue weighted by molar-refractivity contribution is -0.140. The Morgan fingerprint density at radius 1 is 1.19 bits per heavy atom. The summed E-state index contributed by atoms with van der Waals surface area (Å²) in [4.78, 5) is 51.6. The topological polar surface area (TPSA) is 122 Å². The minimum absolute atomic E-state index is 0.0290. The number of rotatable bonds is 7. The Balaban J connectivity index is 1.46. The van der Waals surface area contributed by atoms with E-state index < -0.39 is 18.0 Å². The van der Waals surface area contributed by atoms with E-state index in [2.05, 4.69) is 10.6 Å². The fraction of sp³-hybridized carbons (Fsp3) is 0.478. The molecule has 31 heavy (non-hydrogen) atoms. The Morgan fingerprint density at radius 3 is 2.65 bits per heavy atom. The van der Waals surface area contributed by atoms with Crippen molar-refractivity contribution in [3.8, 4) is 0 Å². The zero-order valence-electron chi connectivity index (χ0n) is 17.3. The largest absolute Gasteiger partial charge is 0.368 e. The molecule has 1 aliphatic carbocycles. The van der Waals surface area contributed by atoms with Crippen LogP contribution < -0.4 is 16.4 Å². The zero-order chi connectivity index (χ0) is 22.0. The third-order valence-electron chi connectivity index (χ3n) is 6.67. The molecule has 4 rings (SSSR count). The number of likely N-dealkylation sites (tertiary alicyclic amines) is 1. The molecule has 1 aromatic carbocycles. The van der Waals surface area contributed by atoms with Crippen LogP contribution in [0.3, 0.4) is 0 Å². The van der Waals surface area contributed by atoms with Crippen LogP contribution in [0.15, 0.2) is 36.4 Å². The van der Waals surface area contributed by atoms with E-state index in [0.717, 1.165) is 24.8 Å². The van der Waals surface area contributed by atoms with Gasteiger partial charge in [-0.05, 0) is 49.7 Å². The fourth-order valence-corrected chi connectivity index (χ4v) is 5.12. The lowest BCUT2D eigenvalue weighted by Gasteiger charge is -2.34. The average molecular weight is 425 g/mol. The summed E-state index contributed by atoms with van der Waals surface area (Å²) in [7, 11) is 0. The van der Waals surface area contributed by atoms with Crippen LogP contribution in [0.2, 0.25) is 0 Å². The number of nitrogens with zero attached hydrogens (tertiary/aromatic N) is 1. The van der Waals surface area contributed by atoms with Gasteiger partial charge in [0.25, 0.3) is 0 Å². The quantitative estimate of drug-likeness (QED) is 0.554. The van der Waals surface area contributed by atoms with Gasteiger partial charge < -0.3 is 21.3 Å². The van der Waals surface area contributed by atoms with Crippen molar-refractivity contribution in [3.63, 3.8) is 0 Å². The summed E-state index contributed by atoms with van der Waals surface area (Å²) in [6.07, 6.45) is 6.58. The van der Waals surface area contributed by atoms with Crippen LogP contribution >= 0.6 is 0 Å². The van der Waals surface area contributed by atoms with E-state index in [1.165, 1.54) is 6.08 Å². The molecule has 164 valence electrons. The number of hydrogen-bond donors (Lipinski definition) is 3. The summed E-state index contributed by atoms with van der Waals surface area (Å²) in [5, 5.41) is 5.47. The van der Waals surface area contributed by atoms with Crippen LogP contribution in [-0.2, 0) is 19.2 Å². The van der Waals surface area contributed by atoms with Crippen LogP contribution in [0.1, 0.15) is 37.7 Å². The highest BCUT2D eigenvalue weighted by Gasteiger charge is 2.51. The second kappa shape index (κ2) is 8.91. The first-order valence-corrected chi connectivity index (χ1v) is 10.9. The van der Waals surface area contributed by atoms with Crippen molar-refractivity contribution < 1.29 is 19.2 Å². The monoisotopic (exact) mass is 424 g/mol. The summed E-state index contributed by atoms with van der Waals surface area (Å²) in [6.45, 7) is 0.561. The van der Waals surface area contributed by atoms with Crippen LogP contribution in [0.25, 0.3) is 6.08 Å². The number of nitrogens with one attached hydrogen (secondary N) is 2. The van der Waals surface area contributed by atoms with Crippen molar-refractivity contribution in [2.75, 3.05) is 6.54 Å². The van der Waals surface area contributed by atoms with Crippen LogP contribution in [0, 0.1) is 11.8 Å². The molecule has 1 aromatic rings. The highest BCUT2D eigenvalue weighted by Crippen LogP contribution is 2.42. The number of carbonyl (C=O) groups is 4. The maximum atomic E-state index is 13.2. The molecule has 5 atom stereocenters. The number of nitrogens with two attached hydrogens (primary N) is 1. The van der Waals surface area contributed by atoms with Crippen LogP contribution in [-0.4, -0.2) is 53.2 Å². The molecule has 3 fully saturated rings. The van der Waals surface area contributed by atoms with Gasteiger partial charge in [-0.25, -0.2) is 0 Å². The predicted molar refractivity (Wildman–Crippen MR) is 114 cm³/mol. The van der Waals surface area contributed by atoms with Gasteiger partial charge in [-0.2, -0.15) is 0 Å². The van der Waals surface area contributed by atoms with Gasteiger partial charge in [-0.3, -0.25) is 19.2 Å². The molecule has 1 saturated carbocycles. The molecule has 3 aliphatic rings. The van der Waals surface area contributed by atoms with E-state index in [1.807, 2.05) is 30.3 Å². The molecule has 0 unspecified atom stereocenters. The van der Waals surface area contributed by atoms with Gasteiger partial charge in [0.2, 0.25) is 23.6 Å². The number of carbonyl (C=O) groups excluding carboxylic acids is 4. The predicted octanol–water partition coefficient (Wildman–Crippen LogP) is 0.576. The third kappa shape index (κ3) is 4.47. The lowest BCUT2D eigenvalue weighted by atomic mass is 9.95. The summed E-state index contributed by atoms with van der Waals surface area (Å²) >= 11 is 0. The molecule has 2 bridgehead atoms. The summed E-state index contributed by atoms with van der Waals surface area (Å²) in [5.41, 5.74) is 6.42. The molecule has 2 aliphatic heterocycles. The maximum Gasteiger partial charge on any atom is 0.247 e. The fourth-order valence-electron chi connectivity index (χ4n) is 5.12. The van der Waals surface area contributed by atoms with Crippen molar-refractivity contribution in [1.29, 1.82) is 0 Å². The number of benzene rings is 1. The molecule has 8 heteroatoms. The Morgan fingerprint density at radius 2 is 1.97 bits per heavy atom. The van der Waals surface area contributed by atoms with Gasteiger partial charge in [0, 0.05) is 24.6 Å². The van der Waals surface area contributed by atoms with E-state index >= 15 is 0 Å². The Labute approximate surface area is 181 Å². The van der Waals surface area contributed by atoms with Crippen LogP contribution in [0.4, 0.5) is 0 Å². The van der Waals surface area contributed by atoms with Gasteiger partial charge in [0.05, 0.1) is 0 Å². The Hall–Kier alpha value is -3.16. The van der Waals surface area contributed by atoms with Crippen molar-refractivity contribution in [2.45, 2.75) is 50.2 Å². The van der Waals surface area contributed by atoms with Gasteiger partial charge in [0.1, 0.15) is 12.1 Å². The Bertz CT molecular complexity index is 900. The normalized spacial score (nSPS) is 28.0. The van der Waals surface area contributed by atoms with Gasteiger partial charge in [0.15, 0.2) is 0 Å². The maximum absolute atomic E-state index is 13.2. The number of fused-ring (bicyclic) bond motifs is 2. The molecule has 0 aromatic heterocycles. The second-order valence-corrected chi connectivity index (χ2v) is 8.64. The molecular weight excluding hydrogens is 396 g/mol. The van der Waals surface area contributed by atoms with E-state index in [9.17, 15) is 19.2 Å². The molecule has 8 nitrogen and oxygen atoms in total. The zero-order valence-corrected chi connectivity index (χ0v) is 17.3. The minimum Gasteiger partial charge on any atom is -0.368 e. The van der Waals surface area contributed by atoms with Gasteiger partial charge in [-0.15, -0.1) is 0 Å². The number of piperidine rings is 1. The summed E-state index contributed by atoms with van der Waals surface area (Å²) in [6, 6.07) is 7.98.